The third-order valence-corrected chi connectivity index (χ3v) is 3.18. The fourth-order valence-corrected chi connectivity index (χ4v) is 1.87. The number of likely N-dealkylation sites (N-methyl/N-ethyl adjacent to an activating group) is 1. The highest BCUT2D eigenvalue weighted by atomic mass is 35.5. The van der Waals surface area contributed by atoms with Crippen molar-refractivity contribution in [2.45, 2.75) is 6.92 Å². The van der Waals surface area contributed by atoms with Crippen molar-refractivity contribution >= 4 is 23.3 Å². The minimum atomic E-state index is -0.264. The normalized spacial score (nSPS) is 10.7. The van der Waals surface area contributed by atoms with Gasteiger partial charge in [-0.15, -0.1) is 0 Å². The topological polar surface area (TPSA) is 66.5 Å². The molecule has 21 heavy (non-hydrogen) atoms. The van der Waals surface area contributed by atoms with Crippen molar-refractivity contribution in [3.05, 3.63) is 22.8 Å². The number of amides is 1. The van der Waals surface area contributed by atoms with E-state index in [1.165, 1.54) is 0 Å². The molecule has 0 radical (unpaired) electrons. The van der Waals surface area contributed by atoms with Gasteiger partial charge in [-0.3, -0.25) is 4.79 Å². The standard InChI is InChI=1S/C14H23ClN4O2/c1-4-16-12-6-5-11(15)13(18-12)14(20)17-7-8-19(2)9-10-21-3/h5-6H,4,7-10H2,1-3H3,(H,16,18)(H,17,20). The van der Waals surface area contributed by atoms with Crippen molar-refractivity contribution in [2.24, 2.45) is 0 Å². The highest BCUT2D eigenvalue weighted by Gasteiger charge is 2.12. The summed E-state index contributed by atoms with van der Waals surface area (Å²) in [5.41, 5.74) is 0.245. The largest absolute Gasteiger partial charge is 0.383 e. The third-order valence-electron chi connectivity index (χ3n) is 2.88. The molecule has 0 aliphatic heterocycles. The Kier molecular flexibility index (Phi) is 8.04. The van der Waals surface area contributed by atoms with Gasteiger partial charge < -0.3 is 20.3 Å². The van der Waals surface area contributed by atoms with E-state index < -0.39 is 0 Å². The van der Waals surface area contributed by atoms with E-state index in [2.05, 4.69) is 20.5 Å². The number of nitrogens with zero attached hydrogens (tertiary/aromatic N) is 2. The summed E-state index contributed by atoms with van der Waals surface area (Å²) < 4.78 is 5.00. The van der Waals surface area contributed by atoms with Crippen LogP contribution >= 0.6 is 11.6 Å². The minimum absolute atomic E-state index is 0.245. The molecule has 1 rings (SSSR count). The third kappa shape index (κ3) is 6.29. The van der Waals surface area contributed by atoms with Crippen molar-refractivity contribution in [2.75, 3.05) is 52.3 Å². The van der Waals surface area contributed by atoms with E-state index in [0.29, 0.717) is 24.0 Å². The molecule has 7 heteroatoms. The first-order chi connectivity index (χ1) is 10.1. The highest BCUT2D eigenvalue weighted by Crippen LogP contribution is 2.16. The molecule has 0 aromatic carbocycles. The van der Waals surface area contributed by atoms with Gasteiger partial charge in [-0.2, -0.15) is 0 Å². The second-order valence-corrected chi connectivity index (χ2v) is 5.02. The number of hydrogen-bond acceptors (Lipinski definition) is 5. The van der Waals surface area contributed by atoms with Gasteiger partial charge in [0.1, 0.15) is 11.5 Å². The van der Waals surface area contributed by atoms with Crippen molar-refractivity contribution in [3.8, 4) is 0 Å². The second-order valence-electron chi connectivity index (χ2n) is 4.61. The maximum atomic E-state index is 12.1. The van der Waals surface area contributed by atoms with Gasteiger partial charge in [0.2, 0.25) is 0 Å². The van der Waals surface area contributed by atoms with Crippen molar-refractivity contribution in [1.29, 1.82) is 0 Å². The Morgan fingerprint density at radius 2 is 2.19 bits per heavy atom. The maximum Gasteiger partial charge on any atom is 0.271 e. The maximum absolute atomic E-state index is 12.1. The molecule has 1 heterocycles. The van der Waals surface area contributed by atoms with Crippen LogP contribution in [0.15, 0.2) is 12.1 Å². The SMILES string of the molecule is CCNc1ccc(Cl)c(C(=O)NCCN(C)CCOC)n1. The van der Waals surface area contributed by atoms with Crippen LogP contribution in [0.5, 0.6) is 0 Å². The van der Waals surface area contributed by atoms with Gasteiger partial charge in [0.15, 0.2) is 0 Å². The smallest absolute Gasteiger partial charge is 0.271 e. The van der Waals surface area contributed by atoms with E-state index in [-0.39, 0.29) is 11.6 Å². The Labute approximate surface area is 130 Å². The minimum Gasteiger partial charge on any atom is -0.383 e. The number of nitrogens with one attached hydrogen (secondary N) is 2. The number of anilines is 1. The lowest BCUT2D eigenvalue weighted by Gasteiger charge is -2.16. The number of aromatic nitrogens is 1. The summed E-state index contributed by atoms with van der Waals surface area (Å²) in [5, 5.41) is 6.22. The van der Waals surface area contributed by atoms with Crippen LogP contribution < -0.4 is 10.6 Å². The van der Waals surface area contributed by atoms with Gasteiger partial charge >= 0.3 is 0 Å². The second kappa shape index (κ2) is 9.55. The van der Waals surface area contributed by atoms with Crippen LogP contribution in [-0.2, 0) is 4.74 Å². The summed E-state index contributed by atoms with van der Waals surface area (Å²) in [6, 6.07) is 3.42. The van der Waals surface area contributed by atoms with Gasteiger partial charge in [-0.1, -0.05) is 11.6 Å². The summed E-state index contributed by atoms with van der Waals surface area (Å²) in [4.78, 5) is 18.4. The first-order valence-corrected chi connectivity index (χ1v) is 7.32. The molecule has 0 bridgehead atoms. The summed E-state index contributed by atoms with van der Waals surface area (Å²) in [6.45, 7) is 5.46. The molecular formula is C14H23ClN4O2. The van der Waals surface area contributed by atoms with Gasteiger partial charge in [0, 0.05) is 33.3 Å². The molecule has 2 N–H and O–H groups in total. The number of pyridine rings is 1. The van der Waals surface area contributed by atoms with Crippen LogP contribution in [0.2, 0.25) is 5.02 Å². The van der Waals surface area contributed by atoms with Crippen LogP contribution in [0.1, 0.15) is 17.4 Å². The van der Waals surface area contributed by atoms with Crippen LogP contribution in [0, 0.1) is 0 Å². The van der Waals surface area contributed by atoms with E-state index >= 15 is 0 Å². The molecule has 118 valence electrons. The number of carbonyl (C=O) groups is 1. The van der Waals surface area contributed by atoms with Crippen LogP contribution in [0.3, 0.4) is 0 Å². The number of ether oxygens (including phenoxy) is 1. The average Bonchev–Trinajstić information content (AvgIpc) is 2.47. The zero-order valence-electron chi connectivity index (χ0n) is 12.8. The Bertz CT molecular complexity index is 457. The fourth-order valence-electron chi connectivity index (χ4n) is 1.68. The fraction of sp³-hybridized carbons (Fsp3) is 0.571. The summed E-state index contributed by atoms with van der Waals surface area (Å²) in [5.74, 6) is 0.379. The number of halogens is 1. The quantitative estimate of drug-likeness (QED) is 0.722. The van der Waals surface area contributed by atoms with E-state index in [0.717, 1.165) is 19.6 Å². The number of hydrogen-bond donors (Lipinski definition) is 2. The molecule has 1 aromatic rings. The van der Waals surface area contributed by atoms with Gasteiger partial charge in [-0.05, 0) is 26.1 Å². The van der Waals surface area contributed by atoms with E-state index in [4.69, 9.17) is 16.3 Å². The molecule has 0 saturated carbocycles. The summed E-state index contributed by atoms with van der Waals surface area (Å²) in [6.07, 6.45) is 0. The summed E-state index contributed by atoms with van der Waals surface area (Å²) >= 11 is 6.02. The molecular weight excluding hydrogens is 292 g/mol. The molecule has 0 aliphatic carbocycles. The van der Waals surface area contributed by atoms with Gasteiger partial charge in [0.05, 0.1) is 11.6 Å². The molecule has 0 atom stereocenters. The predicted octanol–water partition coefficient (Wildman–Crippen LogP) is 1.47. The zero-order valence-corrected chi connectivity index (χ0v) is 13.5. The lowest BCUT2D eigenvalue weighted by Crippen LogP contribution is -2.34. The Balaban J connectivity index is 2.49. The Morgan fingerprint density at radius 3 is 2.86 bits per heavy atom. The van der Waals surface area contributed by atoms with Crippen LogP contribution in [-0.4, -0.2) is 62.7 Å². The Morgan fingerprint density at radius 1 is 1.43 bits per heavy atom. The van der Waals surface area contributed by atoms with Crippen molar-refractivity contribution < 1.29 is 9.53 Å². The van der Waals surface area contributed by atoms with E-state index in [1.54, 1.807) is 19.2 Å². The molecule has 0 saturated heterocycles. The van der Waals surface area contributed by atoms with Crippen molar-refractivity contribution in [1.82, 2.24) is 15.2 Å². The lowest BCUT2D eigenvalue weighted by atomic mass is 10.3. The Hall–Kier alpha value is -1.37. The molecule has 1 aromatic heterocycles. The molecule has 0 spiro atoms. The molecule has 0 fully saturated rings. The average molecular weight is 315 g/mol. The van der Waals surface area contributed by atoms with E-state index in [9.17, 15) is 4.79 Å². The number of carbonyl (C=O) groups excluding carboxylic acids is 1. The molecule has 6 nitrogen and oxygen atoms in total. The van der Waals surface area contributed by atoms with Gasteiger partial charge in [-0.25, -0.2) is 4.98 Å². The number of methoxy groups -OCH3 is 1. The predicted molar refractivity (Wildman–Crippen MR) is 85.1 cm³/mol. The molecule has 0 unspecified atom stereocenters. The highest BCUT2D eigenvalue weighted by molar-refractivity contribution is 6.33. The van der Waals surface area contributed by atoms with Crippen LogP contribution in [0.25, 0.3) is 0 Å². The zero-order chi connectivity index (χ0) is 15.7. The molecule has 0 aliphatic rings. The van der Waals surface area contributed by atoms with Crippen LogP contribution in [0.4, 0.5) is 5.82 Å². The lowest BCUT2D eigenvalue weighted by molar-refractivity contribution is 0.0943. The first-order valence-electron chi connectivity index (χ1n) is 6.94. The monoisotopic (exact) mass is 314 g/mol. The van der Waals surface area contributed by atoms with Gasteiger partial charge in [0.25, 0.3) is 5.91 Å². The van der Waals surface area contributed by atoms with E-state index in [1.807, 2.05) is 14.0 Å². The number of rotatable bonds is 9. The first kappa shape index (κ1) is 17.7. The summed E-state index contributed by atoms with van der Waals surface area (Å²) in [7, 11) is 3.64. The van der Waals surface area contributed by atoms with Crippen molar-refractivity contribution in [3.63, 3.8) is 0 Å². The molecule has 1 amide bonds.